The maximum atomic E-state index is 13.0. The molecule has 0 aliphatic heterocycles. The topological polar surface area (TPSA) is 55.4 Å². The molecular weight excluding hydrogens is 419 g/mol. The number of carbonyl (C=O) groups is 2. The molecule has 1 aliphatic rings. The highest BCUT2D eigenvalue weighted by Gasteiger charge is 2.39. The van der Waals surface area contributed by atoms with Gasteiger partial charge in [0.15, 0.2) is 0 Å². The number of rotatable bonds is 5. The minimum atomic E-state index is -4.50. The molecule has 0 saturated heterocycles. The van der Waals surface area contributed by atoms with Crippen molar-refractivity contribution >= 4 is 11.9 Å². The molecule has 32 heavy (non-hydrogen) atoms. The average Bonchev–Trinajstić information content (AvgIpc) is 3.11. The third-order valence-corrected chi connectivity index (χ3v) is 5.61. The highest BCUT2D eigenvalue weighted by Crippen LogP contribution is 2.46. The van der Waals surface area contributed by atoms with Gasteiger partial charge < -0.3 is 10.1 Å². The van der Waals surface area contributed by atoms with Crippen LogP contribution in [0, 0.1) is 0 Å². The van der Waals surface area contributed by atoms with E-state index in [1.807, 2.05) is 48.5 Å². The molecule has 4 rings (SSSR count). The van der Waals surface area contributed by atoms with Gasteiger partial charge in [-0.15, -0.1) is 0 Å². The second-order valence-electron chi connectivity index (χ2n) is 7.60. The Hall–Kier alpha value is -3.61. The molecule has 3 aromatic carbocycles. The number of carbonyl (C=O) groups excluding carboxylic acids is 2. The lowest BCUT2D eigenvalue weighted by molar-refractivity contribution is -0.145. The number of alkyl halides is 3. The van der Waals surface area contributed by atoms with Crippen LogP contribution >= 0.6 is 0 Å². The molecule has 1 N–H and O–H groups in total. The van der Waals surface area contributed by atoms with E-state index in [2.05, 4.69) is 5.32 Å². The van der Waals surface area contributed by atoms with Crippen molar-refractivity contribution in [2.24, 2.45) is 0 Å². The monoisotopic (exact) mass is 439 g/mol. The third kappa shape index (κ3) is 4.10. The van der Waals surface area contributed by atoms with Gasteiger partial charge in [0.1, 0.15) is 6.04 Å². The molecule has 0 heterocycles. The predicted octanol–water partition coefficient (Wildman–Crippen LogP) is 4.72. The first-order chi connectivity index (χ1) is 15.3. The van der Waals surface area contributed by atoms with Gasteiger partial charge in [-0.3, -0.25) is 4.79 Å². The maximum absolute atomic E-state index is 13.0. The SMILES string of the molecule is COC(=O)[C@@H](NC(=O)Cc1cccc(C(F)(F)F)c1)C1c2ccccc2-c2ccccc21. The van der Waals surface area contributed by atoms with Crippen LogP contribution in [0.4, 0.5) is 13.2 Å². The first kappa shape index (κ1) is 21.6. The van der Waals surface area contributed by atoms with E-state index in [0.29, 0.717) is 0 Å². The quantitative estimate of drug-likeness (QED) is 0.586. The van der Waals surface area contributed by atoms with Crippen LogP contribution in [0.1, 0.15) is 28.2 Å². The fourth-order valence-electron chi connectivity index (χ4n) is 4.23. The van der Waals surface area contributed by atoms with Gasteiger partial charge in [0.05, 0.1) is 19.1 Å². The number of ether oxygens (including phenoxy) is 1. The number of amides is 1. The number of methoxy groups -OCH3 is 1. The van der Waals surface area contributed by atoms with Crippen LogP contribution in [0.15, 0.2) is 72.8 Å². The summed E-state index contributed by atoms with van der Waals surface area (Å²) in [5, 5.41) is 2.70. The third-order valence-electron chi connectivity index (χ3n) is 5.61. The molecule has 0 unspecified atom stereocenters. The van der Waals surface area contributed by atoms with Gasteiger partial charge in [-0.2, -0.15) is 13.2 Å². The fraction of sp³-hybridized carbons (Fsp3) is 0.200. The molecule has 0 bridgehead atoms. The first-order valence-corrected chi connectivity index (χ1v) is 10.0. The zero-order valence-corrected chi connectivity index (χ0v) is 17.1. The standard InChI is InChI=1S/C25H20F3NO3/c1-32-24(31)23(29-21(30)14-15-7-6-8-16(13-15)25(26,27)28)22-19-11-4-2-9-17(19)18-10-3-5-12-20(18)22/h2-13,22-23H,14H2,1H3,(H,29,30)/t23-/m0/s1. The minimum absolute atomic E-state index is 0.202. The molecule has 0 radical (unpaired) electrons. The van der Waals surface area contributed by atoms with Crippen molar-refractivity contribution in [3.05, 3.63) is 95.1 Å². The first-order valence-electron chi connectivity index (χ1n) is 10.0. The van der Waals surface area contributed by atoms with Crippen molar-refractivity contribution in [2.45, 2.75) is 24.6 Å². The summed E-state index contributed by atoms with van der Waals surface area (Å²) in [5.74, 6) is -1.67. The van der Waals surface area contributed by atoms with Gasteiger partial charge in [-0.05, 0) is 33.9 Å². The minimum Gasteiger partial charge on any atom is -0.467 e. The van der Waals surface area contributed by atoms with Gasteiger partial charge in [-0.25, -0.2) is 4.79 Å². The summed E-state index contributed by atoms with van der Waals surface area (Å²) in [4.78, 5) is 25.5. The zero-order valence-electron chi connectivity index (χ0n) is 17.1. The highest BCUT2D eigenvalue weighted by atomic mass is 19.4. The lowest BCUT2D eigenvalue weighted by atomic mass is 9.89. The molecule has 7 heteroatoms. The number of benzene rings is 3. The van der Waals surface area contributed by atoms with Crippen LogP contribution in [0.25, 0.3) is 11.1 Å². The van der Waals surface area contributed by atoms with E-state index in [4.69, 9.17) is 4.74 Å². The second-order valence-corrected chi connectivity index (χ2v) is 7.60. The van der Waals surface area contributed by atoms with E-state index < -0.39 is 35.6 Å². The number of hydrogen-bond acceptors (Lipinski definition) is 3. The fourth-order valence-corrected chi connectivity index (χ4v) is 4.23. The van der Waals surface area contributed by atoms with Crippen molar-refractivity contribution < 1.29 is 27.5 Å². The molecule has 0 saturated carbocycles. The molecule has 164 valence electrons. The Balaban J connectivity index is 1.63. The van der Waals surface area contributed by atoms with Gasteiger partial charge in [0.25, 0.3) is 0 Å². The van der Waals surface area contributed by atoms with Crippen LogP contribution in [-0.2, 0) is 26.9 Å². The van der Waals surface area contributed by atoms with Crippen molar-refractivity contribution in [3.8, 4) is 11.1 Å². The van der Waals surface area contributed by atoms with Crippen molar-refractivity contribution in [2.75, 3.05) is 7.11 Å². The Morgan fingerprint density at radius 1 is 0.938 bits per heavy atom. The molecule has 3 aromatic rings. The van der Waals surface area contributed by atoms with Crippen LogP contribution in [0.5, 0.6) is 0 Å². The van der Waals surface area contributed by atoms with Crippen LogP contribution < -0.4 is 5.32 Å². The Morgan fingerprint density at radius 3 is 2.09 bits per heavy atom. The van der Waals surface area contributed by atoms with Gasteiger partial charge in [-0.1, -0.05) is 66.7 Å². The van der Waals surface area contributed by atoms with E-state index in [9.17, 15) is 22.8 Å². The zero-order chi connectivity index (χ0) is 22.9. The molecule has 4 nitrogen and oxygen atoms in total. The number of halogens is 3. The normalized spacial score (nSPS) is 13.8. The van der Waals surface area contributed by atoms with E-state index in [1.165, 1.54) is 19.2 Å². The number of hydrogen-bond donors (Lipinski definition) is 1. The molecule has 1 amide bonds. The van der Waals surface area contributed by atoms with Gasteiger partial charge in [0.2, 0.25) is 5.91 Å². The smallest absolute Gasteiger partial charge is 0.416 e. The van der Waals surface area contributed by atoms with Crippen LogP contribution in [0.3, 0.4) is 0 Å². The van der Waals surface area contributed by atoms with Crippen LogP contribution in [0.2, 0.25) is 0 Å². The molecular formula is C25H20F3NO3. The molecule has 0 spiro atoms. The Bertz CT molecular complexity index is 1130. The van der Waals surface area contributed by atoms with Gasteiger partial charge in [0, 0.05) is 5.92 Å². The molecule has 1 atom stereocenters. The average molecular weight is 439 g/mol. The lowest BCUT2D eigenvalue weighted by Crippen LogP contribution is -2.46. The summed E-state index contributed by atoms with van der Waals surface area (Å²) >= 11 is 0. The lowest BCUT2D eigenvalue weighted by Gasteiger charge is -2.24. The summed E-state index contributed by atoms with van der Waals surface area (Å²) < 4.78 is 43.9. The molecule has 0 aromatic heterocycles. The Kier molecular flexibility index (Phi) is 5.74. The van der Waals surface area contributed by atoms with E-state index >= 15 is 0 Å². The molecule has 1 aliphatic carbocycles. The summed E-state index contributed by atoms with van der Waals surface area (Å²) in [6.45, 7) is 0. The second kappa shape index (κ2) is 8.49. The summed E-state index contributed by atoms with van der Waals surface area (Å²) in [6.07, 6.45) is -4.80. The number of fused-ring (bicyclic) bond motifs is 3. The van der Waals surface area contributed by atoms with Crippen molar-refractivity contribution in [1.29, 1.82) is 0 Å². The summed E-state index contributed by atoms with van der Waals surface area (Å²) in [7, 11) is 1.24. The summed E-state index contributed by atoms with van der Waals surface area (Å²) in [5.41, 5.74) is 3.06. The van der Waals surface area contributed by atoms with Gasteiger partial charge >= 0.3 is 12.1 Å². The number of esters is 1. The maximum Gasteiger partial charge on any atom is 0.416 e. The molecule has 0 fully saturated rings. The van der Waals surface area contributed by atoms with E-state index in [0.717, 1.165) is 34.4 Å². The van der Waals surface area contributed by atoms with Crippen molar-refractivity contribution in [3.63, 3.8) is 0 Å². The van der Waals surface area contributed by atoms with Crippen LogP contribution in [-0.4, -0.2) is 25.0 Å². The highest BCUT2D eigenvalue weighted by molar-refractivity contribution is 5.90. The van der Waals surface area contributed by atoms with Crippen molar-refractivity contribution in [1.82, 2.24) is 5.32 Å². The Labute approximate surface area is 183 Å². The van der Waals surface area contributed by atoms with E-state index in [-0.39, 0.29) is 12.0 Å². The van der Waals surface area contributed by atoms with E-state index in [1.54, 1.807) is 0 Å². The summed E-state index contributed by atoms with van der Waals surface area (Å²) in [6, 6.07) is 18.8. The largest absolute Gasteiger partial charge is 0.467 e. The number of nitrogens with one attached hydrogen (secondary N) is 1. The Morgan fingerprint density at radius 2 is 1.53 bits per heavy atom. The predicted molar refractivity (Wildman–Crippen MR) is 113 cm³/mol.